The Hall–Kier alpha value is -2.26. The lowest BCUT2D eigenvalue weighted by molar-refractivity contribution is 0.124. The molecule has 3 heterocycles. The summed E-state index contributed by atoms with van der Waals surface area (Å²) in [5.41, 5.74) is 1.47. The smallest absolute Gasteiger partial charge is 0.418 e. The molecule has 166 valence electrons. The van der Waals surface area contributed by atoms with Crippen LogP contribution in [0.4, 0.5) is 13.6 Å². The number of carbonyl (C=O) groups excluding carboxylic acids is 1. The van der Waals surface area contributed by atoms with Gasteiger partial charge in [-0.2, -0.15) is 0 Å². The van der Waals surface area contributed by atoms with Gasteiger partial charge in [0.25, 0.3) is 0 Å². The third kappa shape index (κ3) is 4.13. The average molecular weight is 496 g/mol. The molecule has 0 spiro atoms. The number of aliphatic imine (C=N–C) groups is 1. The summed E-state index contributed by atoms with van der Waals surface area (Å²) in [6.07, 6.45) is 4.24. The van der Waals surface area contributed by atoms with Gasteiger partial charge in [0.05, 0.1) is 41.7 Å². The molecule has 1 amide bonds. The van der Waals surface area contributed by atoms with Gasteiger partial charge in [-0.3, -0.25) is 9.89 Å². The normalized spacial score (nSPS) is 24.2. The Morgan fingerprint density at radius 1 is 1.35 bits per heavy atom. The topological polar surface area (TPSA) is 54.4 Å². The molecule has 1 unspecified atom stereocenters. The van der Waals surface area contributed by atoms with Crippen LogP contribution in [0.15, 0.2) is 45.8 Å². The van der Waals surface area contributed by atoms with E-state index in [-0.39, 0.29) is 34.5 Å². The van der Waals surface area contributed by atoms with E-state index >= 15 is 0 Å². The summed E-state index contributed by atoms with van der Waals surface area (Å²) in [7, 11) is 0. The highest BCUT2D eigenvalue weighted by atomic mass is 79.9. The van der Waals surface area contributed by atoms with Crippen molar-refractivity contribution in [1.29, 1.82) is 0 Å². The zero-order valence-electron chi connectivity index (χ0n) is 17.6. The Labute approximate surface area is 188 Å². The number of hydrogen-bond donors (Lipinski definition) is 0. The molecule has 1 fully saturated rings. The van der Waals surface area contributed by atoms with Crippen LogP contribution >= 0.6 is 15.9 Å². The van der Waals surface area contributed by atoms with E-state index in [0.717, 1.165) is 11.8 Å². The first-order chi connectivity index (χ1) is 14.7. The summed E-state index contributed by atoms with van der Waals surface area (Å²) in [5, 5.41) is 0. The zero-order valence-corrected chi connectivity index (χ0v) is 19.2. The minimum atomic E-state index is -0.525. The highest BCUT2D eigenvalue weighted by Crippen LogP contribution is 2.40. The fraction of sp³-hybridized carbons (Fsp3) is 0.455. The van der Waals surface area contributed by atoms with Crippen LogP contribution in [0.2, 0.25) is 0 Å². The van der Waals surface area contributed by atoms with Gasteiger partial charge in [-0.1, -0.05) is 13.8 Å². The van der Waals surface area contributed by atoms with Crippen molar-refractivity contribution in [2.75, 3.05) is 19.8 Å². The summed E-state index contributed by atoms with van der Waals surface area (Å²) in [5.74, 6) is -1.02. The standard InChI is InChI=1S/C22H24BrF2N3O3/c1-4-31-21(29)27-6-5-17-18(10-27)28(19-11-30-12-22(19,2)3)20(26-17)8-13-7-16(25)14(23)9-15(13)24/h5-7,9-10,19-20H,4,8,11-12H2,1-3H3/t19-,20?/m1/s1. The van der Waals surface area contributed by atoms with Gasteiger partial charge in [-0.15, -0.1) is 0 Å². The number of amides is 1. The van der Waals surface area contributed by atoms with E-state index in [1.54, 1.807) is 25.4 Å². The van der Waals surface area contributed by atoms with Crippen LogP contribution in [0.1, 0.15) is 26.3 Å². The quantitative estimate of drug-likeness (QED) is 0.572. The van der Waals surface area contributed by atoms with Crippen LogP contribution < -0.4 is 0 Å². The molecule has 0 saturated carbocycles. The van der Waals surface area contributed by atoms with E-state index in [1.165, 1.54) is 11.0 Å². The summed E-state index contributed by atoms with van der Waals surface area (Å²) in [4.78, 5) is 20.5. The fourth-order valence-corrected chi connectivity index (χ4v) is 4.44. The third-order valence-corrected chi connectivity index (χ3v) is 6.37. The summed E-state index contributed by atoms with van der Waals surface area (Å²) < 4.78 is 39.6. The van der Waals surface area contributed by atoms with Crippen molar-refractivity contribution in [2.45, 2.75) is 39.4 Å². The molecule has 0 aliphatic carbocycles. The van der Waals surface area contributed by atoms with Crippen molar-refractivity contribution in [3.8, 4) is 0 Å². The van der Waals surface area contributed by atoms with Crippen LogP contribution in [0.3, 0.4) is 0 Å². The maximum atomic E-state index is 14.6. The fourth-order valence-electron chi connectivity index (χ4n) is 4.13. The number of fused-ring (bicyclic) bond motifs is 1. The number of ether oxygens (including phenoxy) is 2. The molecule has 3 aliphatic rings. The molecule has 6 nitrogen and oxygen atoms in total. The van der Waals surface area contributed by atoms with Gasteiger partial charge in [0, 0.05) is 24.2 Å². The van der Waals surface area contributed by atoms with Crippen molar-refractivity contribution in [3.63, 3.8) is 0 Å². The third-order valence-electron chi connectivity index (χ3n) is 5.76. The zero-order chi connectivity index (χ0) is 22.3. The molecule has 3 aliphatic heterocycles. The molecule has 0 radical (unpaired) electrons. The van der Waals surface area contributed by atoms with Gasteiger partial charge in [0.2, 0.25) is 0 Å². The SMILES string of the molecule is CCOC(=O)N1C=CC2=NC(Cc3cc(F)c(Br)cc3F)N([C@@H]3COCC3(C)C)C2=C1. The summed E-state index contributed by atoms with van der Waals surface area (Å²) in [6.45, 7) is 7.25. The lowest BCUT2D eigenvalue weighted by Crippen LogP contribution is -2.48. The molecule has 4 rings (SSSR count). The number of carbonyl (C=O) groups is 1. The molecule has 9 heteroatoms. The molecule has 0 N–H and O–H groups in total. The second-order valence-electron chi connectivity index (χ2n) is 8.42. The number of allylic oxidation sites excluding steroid dienone is 1. The monoisotopic (exact) mass is 495 g/mol. The second-order valence-corrected chi connectivity index (χ2v) is 9.27. The van der Waals surface area contributed by atoms with Crippen molar-refractivity contribution in [3.05, 3.63) is 58.0 Å². The Morgan fingerprint density at radius 2 is 2.13 bits per heavy atom. The van der Waals surface area contributed by atoms with E-state index in [0.29, 0.717) is 18.9 Å². The van der Waals surface area contributed by atoms with E-state index in [4.69, 9.17) is 14.5 Å². The van der Waals surface area contributed by atoms with Crippen LogP contribution in [0, 0.1) is 17.0 Å². The number of nitrogens with zero attached hydrogens (tertiary/aromatic N) is 3. The molecule has 1 aromatic carbocycles. The largest absolute Gasteiger partial charge is 0.449 e. The number of benzene rings is 1. The first kappa shape index (κ1) is 22.0. The van der Waals surface area contributed by atoms with Gasteiger partial charge in [-0.25, -0.2) is 13.6 Å². The maximum absolute atomic E-state index is 14.6. The van der Waals surface area contributed by atoms with E-state index in [2.05, 4.69) is 34.7 Å². The lowest BCUT2D eigenvalue weighted by atomic mass is 9.86. The van der Waals surface area contributed by atoms with Crippen molar-refractivity contribution < 1.29 is 23.0 Å². The van der Waals surface area contributed by atoms with Crippen molar-refractivity contribution >= 4 is 27.7 Å². The van der Waals surface area contributed by atoms with E-state index < -0.39 is 23.9 Å². The maximum Gasteiger partial charge on any atom is 0.418 e. The number of halogens is 3. The second kappa shape index (κ2) is 8.35. The first-order valence-corrected chi connectivity index (χ1v) is 10.9. The number of hydrogen-bond acceptors (Lipinski definition) is 5. The molecule has 0 aromatic heterocycles. The Balaban J connectivity index is 1.71. The van der Waals surface area contributed by atoms with Crippen LogP contribution in [0.5, 0.6) is 0 Å². The van der Waals surface area contributed by atoms with Crippen LogP contribution in [-0.4, -0.2) is 53.6 Å². The van der Waals surface area contributed by atoms with Crippen LogP contribution in [0.25, 0.3) is 0 Å². The summed E-state index contributed by atoms with van der Waals surface area (Å²) >= 11 is 3.02. The Bertz CT molecular complexity index is 992. The molecule has 31 heavy (non-hydrogen) atoms. The number of rotatable bonds is 4. The molecular formula is C22H24BrF2N3O3. The highest BCUT2D eigenvalue weighted by Gasteiger charge is 2.46. The molecule has 1 aromatic rings. The predicted octanol–water partition coefficient (Wildman–Crippen LogP) is 4.60. The van der Waals surface area contributed by atoms with Gasteiger partial charge in [-0.05, 0) is 46.6 Å². The van der Waals surface area contributed by atoms with Gasteiger partial charge in [0.15, 0.2) is 0 Å². The molecule has 0 bridgehead atoms. The van der Waals surface area contributed by atoms with Gasteiger partial charge in [0.1, 0.15) is 17.8 Å². The summed E-state index contributed by atoms with van der Waals surface area (Å²) in [6, 6.07) is 2.28. The van der Waals surface area contributed by atoms with Crippen molar-refractivity contribution in [1.82, 2.24) is 9.80 Å². The first-order valence-electron chi connectivity index (χ1n) is 10.1. The molecule has 1 saturated heterocycles. The van der Waals surface area contributed by atoms with E-state index in [9.17, 15) is 13.6 Å². The molecule has 2 atom stereocenters. The lowest BCUT2D eigenvalue weighted by Gasteiger charge is -2.39. The minimum absolute atomic E-state index is 0.0519. The molecular weight excluding hydrogens is 472 g/mol. The van der Waals surface area contributed by atoms with Gasteiger partial charge < -0.3 is 14.4 Å². The van der Waals surface area contributed by atoms with Crippen molar-refractivity contribution in [2.24, 2.45) is 10.4 Å². The minimum Gasteiger partial charge on any atom is -0.449 e. The van der Waals surface area contributed by atoms with Crippen LogP contribution in [-0.2, 0) is 15.9 Å². The van der Waals surface area contributed by atoms with Gasteiger partial charge >= 0.3 is 6.09 Å². The highest BCUT2D eigenvalue weighted by molar-refractivity contribution is 9.10. The van der Waals surface area contributed by atoms with E-state index in [1.807, 2.05) is 0 Å². The predicted molar refractivity (Wildman–Crippen MR) is 115 cm³/mol. The Kier molecular flexibility index (Phi) is 5.91. The average Bonchev–Trinajstić information content (AvgIpc) is 3.23. The Morgan fingerprint density at radius 3 is 2.81 bits per heavy atom.